The summed E-state index contributed by atoms with van der Waals surface area (Å²) in [6, 6.07) is 5.51. The van der Waals surface area contributed by atoms with E-state index in [1.807, 2.05) is 19.1 Å². The monoisotopic (exact) mass is 259 g/mol. The van der Waals surface area contributed by atoms with Crippen LogP contribution in [0.5, 0.6) is 5.75 Å². The maximum Gasteiger partial charge on any atom is 0.245 e. The molecule has 3 rings (SSSR count). The highest BCUT2D eigenvalue weighted by Gasteiger charge is 2.15. The van der Waals surface area contributed by atoms with Gasteiger partial charge in [0.1, 0.15) is 5.75 Å². The Morgan fingerprint density at radius 3 is 2.79 bits per heavy atom. The highest BCUT2D eigenvalue weighted by Crippen LogP contribution is 2.24. The molecular formula is C13H17N5O. The van der Waals surface area contributed by atoms with Crippen molar-refractivity contribution < 1.29 is 5.11 Å². The molecule has 1 aromatic heterocycles. The molecule has 1 saturated heterocycles. The normalized spacial score (nSPS) is 15.7. The van der Waals surface area contributed by atoms with Gasteiger partial charge in [0.2, 0.25) is 5.95 Å². The van der Waals surface area contributed by atoms with Crippen LogP contribution in [0.3, 0.4) is 0 Å². The lowest BCUT2D eigenvalue weighted by atomic mass is 10.1. The smallest absolute Gasteiger partial charge is 0.245 e. The second-order valence-electron chi connectivity index (χ2n) is 4.72. The molecule has 1 aromatic carbocycles. The van der Waals surface area contributed by atoms with Crippen LogP contribution in [0, 0.1) is 6.92 Å². The van der Waals surface area contributed by atoms with Crippen LogP contribution < -0.4 is 10.2 Å². The lowest BCUT2D eigenvalue weighted by molar-refractivity contribution is 0.471. The van der Waals surface area contributed by atoms with E-state index in [1.165, 1.54) is 0 Å². The molecule has 1 fully saturated rings. The fourth-order valence-corrected chi connectivity index (χ4v) is 2.15. The maximum atomic E-state index is 9.74. The number of hydrogen-bond acceptors (Lipinski definition) is 5. The van der Waals surface area contributed by atoms with Crippen LogP contribution in [0.15, 0.2) is 18.2 Å². The molecule has 19 heavy (non-hydrogen) atoms. The zero-order valence-corrected chi connectivity index (χ0v) is 10.8. The van der Waals surface area contributed by atoms with Crippen molar-refractivity contribution in [2.45, 2.75) is 6.92 Å². The molecule has 100 valence electrons. The van der Waals surface area contributed by atoms with E-state index in [4.69, 9.17) is 0 Å². The third-order valence-corrected chi connectivity index (χ3v) is 3.36. The van der Waals surface area contributed by atoms with Crippen molar-refractivity contribution >= 4 is 5.95 Å². The molecule has 0 aliphatic carbocycles. The average Bonchev–Trinajstić information content (AvgIpc) is 2.93. The molecule has 1 aliphatic rings. The molecule has 3 N–H and O–H groups in total. The zero-order chi connectivity index (χ0) is 13.2. The summed E-state index contributed by atoms with van der Waals surface area (Å²) in [7, 11) is 0. The van der Waals surface area contributed by atoms with Crippen molar-refractivity contribution in [2.24, 2.45) is 0 Å². The van der Waals surface area contributed by atoms with Crippen molar-refractivity contribution in [3.63, 3.8) is 0 Å². The Bertz CT molecular complexity index is 574. The van der Waals surface area contributed by atoms with Crippen LogP contribution in [-0.4, -0.2) is 46.5 Å². The first kappa shape index (κ1) is 12.0. The third-order valence-electron chi connectivity index (χ3n) is 3.36. The number of phenols is 1. The molecule has 2 aromatic rings. The fourth-order valence-electron chi connectivity index (χ4n) is 2.15. The number of aromatic amines is 1. The van der Waals surface area contributed by atoms with Crippen molar-refractivity contribution in [1.82, 2.24) is 20.5 Å². The van der Waals surface area contributed by atoms with Crippen LogP contribution >= 0.6 is 0 Å². The number of benzene rings is 1. The van der Waals surface area contributed by atoms with E-state index < -0.39 is 0 Å². The molecule has 0 saturated carbocycles. The summed E-state index contributed by atoms with van der Waals surface area (Å²) in [6.45, 7) is 5.60. The number of aryl methyl sites for hydroxylation is 1. The van der Waals surface area contributed by atoms with Crippen molar-refractivity contribution in [3.05, 3.63) is 23.8 Å². The number of anilines is 1. The van der Waals surface area contributed by atoms with Gasteiger partial charge in [0, 0.05) is 31.7 Å². The molecule has 0 unspecified atom stereocenters. The minimum Gasteiger partial charge on any atom is -0.508 e. The number of rotatable bonds is 2. The van der Waals surface area contributed by atoms with Crippen LogP contribution in [0.25, 0.3) is 11.4 Å². The van der Waals surface area contributed by atoms with Gasteiger partial charge in [0.15, 0.2) is 5.82 Å². The van der Waals surface area contributed by atoms with Gasteiger partial charge < -0.3 is 15.3 Å². The van der Waals surface area contributed by atoms with E-state index >= 15 is 0 Å². The molecular weight excluding hydrogens is 242 g/mol. The lowest BCUT2D eigenvalue weighted by Crippen LogP contribution is -2.44. The minimum atomic E-state index is 0.276. The third kappa shape index (κ3) is 2.39. The number of piperazine rings is 1. The Labute approximate surface area is 111 Å². The molecule has 0 radical (unpaired) electrons. The number of nitrogens with one attached hydrogen (secondary N) is 2. The van der Waals surface area contributed by atoms with E-state index in [2.05, 4.69) is 25.4 Å². The van der Waals surface area contributed by atoms with Crippen LogP contribution in [-0.2, 0) is 0 Å². The predicted molar refractivity (Wildman–Crippen MR) is 73.3 cm³/mol. The fraction of sp³-hybridized carbons (Fsp3) is 0.385. The number of phenolic OH excluding ortho intramolecular Hbond substituents is 1. The minimum absolute atomic E-state index is 0.276. The van der Waals surface area contributed by atoms with Gasteiger partial charge in [-0.25, -0.2) is 0 Å². The Balaban J connectivity index is 1.85. The summed E-state index contributed by atoms with van der Waals surface area (Å²) in [5.41, 5.74) is 1.70. The van der Waals surface area contributed by atoms with Crippen LogP contribution in [0.2, 0.25) is 0 Å². The zero-order valence-electron chi connectivity index (χ0n) is 10.8. The molecule has 0 atom stereocenters. The first-order valence-corrected chi connectivity index (χ1v) is 6.42. The molecule has 0 amide bonds. The van der Waals surface area contributed by atoms with Gasteiger partial charge in [-0.15, -0.1) is 5.10 Å². The summed E-state index contributed by atoms with van der Waals surface area (Å²) in [4.78, 5) is 6.64. The highest BCUT2D eigenvalue weighted by molar-refractivity contribution is 5.60. The van der Waals surface area contributed by atoms with Crippen molar-refractivity contribution in [2.75, 3.05) is 31.1 Å². The Morgan fingerprint density at radius 1 is 1.26 bits per heavy atom. The van der Waals surface area contributed by atoms with Gasteiger partial charge in [0.25, 0.3) is 0 Å². The number of H-pyrrole nitrogens is 1. The maximum absolute atomic E-state index is 9.74. The second kappa shape index (κ2) is 4.89. The van der Waals surface area contributed by atoms with Crippen LogP contribution in [0.4, 0.5) is 5.95 Å². The Morgan fingerprint density at radius 2 is 2.05 bits per heavy atom. The van der Waals surface area contributed by atoms with E-state index in [1.54, 1.807) is 6.07 Å². The number of hydrogen-bond donors (Lipinski definition) is 3. The molecule has 1 aliphatic heterocycles. The molecule has 2 heterocycles. The molecule has 6 nitrogen and oxygen atoms in total. The lowest BCUT2D eigenvalue weighted by Gasteiger charge is -2.25. The van der Waals surface area contributed by atoms with Crippen molar-refractivity contribution in [1.29, 1.82) is 0 Å². The van der Waals surface area contributed by atoms with E-state index in [0.29, 0.717) is 5.82 Å². The van der Waals surface area contributed by atoms with Gasteiger partial charge in [-0.05, 0) is 18.6 Å². The first-order chi connectivity index (χ1) is 9.24. The Kier molecular flexibility index (Phi) is 3.08. The summed E-state index contributed by atoms with van der Waals surface area (Å²) in [6.07, 6.45) is 0. The SMILES string of the molecule is Cc1ccc(-c2nc(N3CCNCC3)n[nH]2)cc1O. The van der Waals surface area contributed by atoms with Gasteiger partial charge in [-0.2, -0.15) is 4.98 Å². The van der Waals surface area contributed by atoms with Gasteiger partial charge in [-0.3, -0.25) is 5.10 Å². The number of nitrogens with zero attached hydrogens (tertiary/aromatic N) is 3. The molecule has 0 bridgehead atoms. The summed E-state index contributed by atoms with van der Waals surface area (Å²) < 4.78 is 0. The highest BCUT2D eigenvalue weighted by atomic mass is 16.3. The topological polar surface area (TPSA) is 77.1 Å². The van der Waals surface area contributed by atoms with Gasteiger partial charge >= 0.3 is 0 Å². The summed E-state index contributed by atoms with van der Waals surface area (Å²) in [5, 5.41) is 20.2. The molecule has 6 heteroatoms. The first-order valence-electron chi connectivity index (χ1n) is 6.42. The second-order valence-corrected chi connectivity index (χ2v) is 4.72. The van der Waals surface area contributed by atoms with Gasteiger partial charge in [0.05, 0.1) is 0 Å². The van der Waals surface area contributed by atoms with Gasteiger partial charge in [-0.1, -0.05) is 12.1 Å². The average molecular weight is 259 g/mol. The quantitative estimate of drug-likeness (QED) is 0.747. The van der Waals surface area contributed by atoms with E-state index in [0.717, 1.165) is 43.3 Å². The number of aromatic hydroxyl groups is 1. The van der Waals surface area contributed by atoms with E-state index in [-0.39, 0.29) is 5.75 Å². The summed E-state index contributed by atoms with van der Waals surface area (Å²) >= 11 is 0. The predicted octanol–water partition coefficient (Wildman–Crippen LogP) is 0.895. The van der Waals surface area contributed by atoms with Crippen LogP contribution in [0.1, 0.15) is 5.56 Å². The Hall–Kier alpha value is -2.08. The van der Waals surface area contributed by atoms with Crippen molar-refractivity contribution in [3.8, 4) is 17.1 Å². The summed E-state index contributed by atoms with van der Waals surface area (Å²) in [5.74, 6) is 1.68. The molecule has 0 spiro atoms. The largest absolute Gasteiger partial charge is 0.508 e. The standard InChI is InChI=1S/C13H17N5O/c1-9-2-3-10(8-11(9)19)12-15-13(17-16-12)18-6-4-14-5-7-18/h2-3,8,14,19H,4-7H2,1H3,(H,15,16,17). The number of aromatic nitrogens is 3. The van der Waals surface area contributed by atoms with E-state index in [9.17, 15) is 5.11 Å².